The van der Waals surface area contributed by atoms with Crippen LogP contribution < -0.4 is 0 Å². The van der Waals surface area contributed by atoms with E-state index in [1.165, 1.54) is 11.1 Å². The van der Waals surface area contributed by atoms with Crippen molar-refractivity contribution in [3.05, 3.63) is 35.4 Å². The van der Waals surface area contributed by atoms with Crippen LogP contribution in [0.1, 0.15) is 17.5 Å². The standard InChI is InChI=1S/C17H26N2O2/c1-18-8-7-17(12-18)21-13-16(20)11-19-9-6-14-4-2-3-5-15(14)10-19/h2-5,16-17,20H,6-13H2,1H3. The van der Waals surface area contributed by atoms with Crippen LogP contribution in [0.2, 0.25) is 0 Å². The second-order valence-corrected chi connectivity index (χ2v) is 6.41. The van der Waals surface area contributed by atoms with E-state index in [-0.39, 0.29) is 6.10 Å². The van der Waals surface area contributed by atoms with Gasteiger partial charge in [-0.05, 0) is 31.0 Å². The molecule has 4 heteroatoms. The van der Waals surface area contributed by atoms with Crippen LogP contribution >= 0.6 is 0 Å². The van der Waals surface area contributed by atoms with Gasteiger partial charge in [0.25, 0.3) is 0 Å². The van der Waals surface area contributed by atoms with Crippen molar-refractivity contribution in [1.82, 2.24) is 9.80 Å². The number of aliphatic hydroxyl groups excluding tert-OH is 1. The van der Waals surface area contributed by atoms with Crippen LogP contribution in [0.5, 0.6) is 0 Å². The van der Waals surface area contributed by atoms with E-state index >= 15 is 0 Å². The van der Waals surface area contributed by atoms with Crippen LogP contribution in [-0.2, 0) is 17.7 Å². The van der Waals surface area contributed by atoms with E-state index in [2.05, 4.69) is 41.1 Å². The predicted molar refractivity (Wildman–Crippen MR) is 83.3 cm³/mol. The Morgan fingerprint density at radius 3 is 2.86 bits per heavy atom. The molecular weight excluding hydrogens is 264 g/mol. The minimum atomic E-state index is -0.388. The molecule has 2 atom stereocenters. The van der Waals surface area contributed by atoms with Gasteiger partial charge in [0.2, 0.25) is 0 Å². The Morgan fingerprint density at radius 2 is 2.10 bits per heavy atom. The summed E-state index contributed by atoms with van der Waals surface area (Å²) in [5.41, 5.74) is 2.85. The Morgan fingerprint density at radius 1 is 1.29 bits per heavy atom. The lowest BCUT2D eigenvalue weighted by atomic mass is 10.00. The lowest BCUT2D eigenvalue weighted by Gasteiger charge is -2.30. The third kappa shape index (κ3) is 4.04. The number of likely N-dealkylation sites (tertiary alicyclic amines) is 1. The van der Waals surface area contributed by atoms with E-state index in [9.17, 15) is 5.11 Å². The molecular formula is C17H26N2O2. The normalized spacial score (nSPS) is 25.0. The van der Waals surface area contributed by atoms with Crippen LogP contribution in [0.4, 0.5) is 0 Å². The monoisotopic (exact) mass is 290 g/mol. The van der Waals surface area contributed by atoms with Crippen molar-refractivity contribution >= 4 is 0 Å². The highest BCUT2D eigenvalue weighted by molar-refractivity contribution is 5.29. The molecule has 2 heterocycles. The third-order valence-electron chi connectivity index (χ3n) is 4.55. The molecule has 21 heavy (non-hydrogen) atoms. The average molecular weight is 290 g/mol. The van der Waals surface area contributed by atoms with Gasteiger partial charge in [0.1, 0.15) is 0 Å². The minimum Gasteiger partial charge on any atom is -0.389 e. The maximum absolute atomic E-state index is 10.2. The van der Waals surface area contributed by atoms with Crippen molar-refractivity contribution in [2.24, 2.45) is 0 Å². The lowest BCUT2D eigenvalue weighted by Crippen LogP contribution is -2.39. The Hall–Kier alpha value is -0.940. The number of hydrogen-bond donors (Lipinski definition) is 1. The largest absolute Gasteiger partial charge is 0.389 e. The Balaban J connectivity index is 1.42. The first kappa shape index (κ1) is 15.0. The molecule has 1 saturated heterocycles. The number of rotatable bonds is 5. The lowest BCUT2D eigenvalue weighted by molar-refractivity contribution is -0.0180. The summed E-state index contributed by atoms with van der Waals surface area (Å²) in [6.45, 7) is 5.22. The van der Waals surface area contributed by atoms with Gasteiger partial charge in [-0.25, -0.2) is 0 Å². The second kappa shape index (κ2) is 6.88. The highest BCUT2D eigenvalue weighted by Gasteiger charge is 2.22. The van der Waals surface area contributed by atoms with E-state index in [4.69, 9.17) is 4.74 Å². The van der Waals surface area contributed by atoms with Gasteiger partial charge in [-0.2, -0.15) is 0 Å². The van der Waals surface area contributed by atoms with Crippen LogP contribution in [-0.4, -0.2) is 66.9 Å². The van der Waals surface area contributed by atoms with Gasteiger partial charge in [-0.15, -0.1) is 0 Å². The molecule has 1 aromatic carbocycles. The summed E-state index contributed by atoms with van der Waals surface area (Å²) < 4.78 is 5.83. The highest BCUT2D eigenvalue weighted by atomic mass is 16.5. The van der Waals surface area contributed by atoms with Crippen LogP contribution in [0.25, 0.3) is 0 Å². The molecule has 0 aliphatic carbocycles. The molecule has 0 saturated carbocycles. The summed E-state index contributed by atoms with van der Waals surface area (Å²) in [5.74, 6) is 0. The number of aliphatic hydroxyl groups is 1. The summed E-state index contributed by atoms with van der Waals surface area (Å²) in [6.07, 6.45) is 2.07. The molecule has 2 aliphatic heterocycles. The van der Waals surface area contributed by atoms with Gasteiger partial charge in [0, 0.05) is 32.7 Å². The fourth-order valence-electron chi connectivity index (χ4n) is 3.34. The zero-order valence-corrected chi connectivity index (χ0v) is 12.9. The van der Waals surface area contributed by atoms with Crippen molar-refractivity contribution in [3.63, 3.8) is 0 Å². The fraction of sp³-hybridized carbons (Fsp3) is 0.647. The first-order valence-corrected chi connectivity index (χ1v) is 7.98. The second-order valence-electron chi connectivity index (χ2n) is 6.41. The van der Waals surface area contributed by atoms with Gasteiger partial charge in [-0.1, -0.05) is 24.3 Å². The predicted octanol–water partition coefficient (Wildman–Crippen LogP) is 1.13. The summed E-state index contributed by atoms with van der Waals surface area (Å²) >= 11 is 0. The number of fused-ring (bicyclic) bond motifs is 1. The topological polar surface area (TPSA) is 35.9 Å². The van der Waals surface area contributed by atoms with Gasteiger partial charge in [0.15, 0.2) is 0 Å². The molecule has 0 radical (unpaired) electrons. The summed E-state index contributed by atoms with van der Waals surface area (Å²) in [7, 11) is 2.12. The number of benzene rings is 1. The van der Waals surface area contributed by atoms with E-state index in [0.717, 1.165) is 39.0 Å². The molecule has 2 unspecified atom stereocenters. The Bertz CT molecular complexity index is 466. The van der Waals surface area contributed by atoms with Gasteiger partial charge < -0.3 is 14.7 Å². The number of ether oxygens (including phenoxy) is 1. The molecule has 2 aliphatic rings. The zero-order valence-electron chi connectivity index (χ0n) is 12.9. The van der Waals surface area contributed by atoms with E-state index in [0.29, 0.717) is 19.3 Å². The zero-order chi connectivity index (χ0) is 14.7. The Labute approximate surface area is 127 Å². The Kier molecular flexibility index (Phi) is 4.91. The number of β-amino-alcohol motifs (C(OH)–C–C–N with tert-alkyl or cyclic N) is 1. The minimum absolute atomic E-state index is 0.298. The molecule has 116 valence electrons. The molecule has 1 fully saturated rings. The molecule has 0 spiro atoms. The van der Waals surface area contributed by atoms with Crippen LogP contribution in [0, 0.1) is 0 Å². The third-order valence-corrected chi connectivity index (χ3v) is 4.55. The number of likely N-dealkylation sites (N-methyl/N-ethyl adjacent to an activating group) is 1. The van der Waals surface area contributed by atoms with Crippen molar-refractivity contribution < 1.29 is 9.84 Å². The average Bonchev–Trinajstić information content (AvgIpc) is 2.91. The maximum atomic E-state index is 10.2. The molecule has 4 nitrogen and oxygen atoms in total. The van der Waals surface area contributed by atoms with Crippen LogP contribution in [0.3, 0.4) is 0 Å². The summed E-state index contributed by atoms with van der Waals surface area (Å²) in [6, 6.07) is 8.61. The van der Waals surface area contributed by atoms with Crippen molar-refractivity contribution in [2.45, 2.75) is 31.6 Å². The van der Waals surface area contributed by atoms with E-state index in [1.807, 2.05) is 0 Å². The molecule has 0 amide bonds. The van der Waals surface area contributed by atoms with Crippen molar-refractivity contribution in [1.29, 1.82) is 0 Å². The molecule has 1 aromatic rings. The molecule has 0 bridgehead atoms. The summed E-state index contributed by atoms with van der Waals surface area (Å²) in [4.78, 5) is 4.61. The highest BCUT2D eigenvalue weighted by Crippen LogP contribution is 2.18. The molecule has 0 aromatic heterocycles. The fourth-order valence-corrected chi connectivity index (χ4v) is 3.34. The summed E-state index contributed by atoms with van der Waals surface area (Å²) in [5, 5.41) is 10.2. The number of nitrogens with zero attached hydrogens (tertiary/aromatic N) is 2. The molecule has 1 N–H and O–H groups in total. The van der Waals surface area contributed by atoms with Gasteiger partial charge in [-0.3, -0.25) is 4.90 Å². The SMILES string of the molecule is CN1CCC(OCC(O)CN2CCc3ccccc3C2)C1. The molecule has 3 rings (SSSR count). The smallest absolute Gasteiger partial charge is 0.0900 e. The maximum Gasteiger partial charge on any atom is 0.0900 e. The van der Waals surface area contributed by atoms with Crippen molar-refractivity contribution in [2.75, 3.05) is 39.8 Å². The number of hydrogen-bond acceptors (Lipinski definition) is 4. The van der Waals surface area contributed by atoms with Crippen LogP contribution in [0.15, 0.2) is 24.3 Å². The quantitative estimate of drug-likeness (QED) is 0.882. The van der Waals surface area contributed by atoms with Gasteiger partial charge in [0.05, 0.1) is 18.8 Å². The van der Waals surface area contributed by atoms with Gasteiger partial charge >= 0.3 is 0 Å². The first-order chi connectivity index (χ1) is 10.2. The van der Waals surface area contributed by atoms with E-state index in [1.54, 1.807) is 0 Å². The van der Waals surface area contributed by atoms with Crippen molar-refractivity contribution in [3.8, 4) is 0 Å². The first-order valence-electron chi connectivity index (χ1n) is 7.98. The van der Waals surface area contributed by atoms with E-state index < -0.39 is 0 Å².